The van der Waals surface area contributed by atoms with E-state index in [2.05, 4.69) is 10.3 Å². The highest BCUT2D eigenvalue weighted by atomic mass is 16.5. The lowest BCUT2D eigenvalue weighted by molar-refractivity contribution is -0.604. The molecule has 1 amide bonds. The maximum Gasteiger partial charge on any atom is 0.228 e. The molecule has 0 spiro atoms. The molecular formula is C19H17N3O2. The highest BCUT2D eigenvalue weighted by Gasteiger charge is 2.29. The quantitative estimate of drug-likeness (QED) is 0.595. The predicted molar refractivity (Wildman–Crippen MR) is 92.2 cm³/mol. The molecule has 1 aromatic carbocycles. The Kier molecular flexibility index (Phi) is 3.41. The molecule has 1 fully saturated rings. The number of rotatable bonds is 3. The van der Waals surface area contributed by atoms with Crippen LogP contribution in [0.5, 0.6) is 0 Å². The lowest BCUT2D eigenvalue weighted by Crippen LogP contribution is -2.24. The summed E-state index contributed by atoms with van der Waals surface area (Å²) in [4.78, 5) is 16.2. The number of carbonyl (C=O) groups excluding carboxylic acids is 1. The summed E-state index contributed by atoms with van der Waals surface area (Å²) in [6, 6.07) is 9.67. The molecule has 4 rings (SSSR count). The molecule has 5 heteroatoms. The molecule has 1 N–H and O–H groups in total. The normalized spacial score (nSPS) is 13.9. The van der Waals surface area contributed by atoms with Crippen molar-refractivity contribution in [3.8, 4) is 11.1 Å². The highest BCUT2D eigenvalue weighted by Crippen LogP contribution is 2.31. The van der Waals surface area contributed by atoms with Crippen LogP contribution in [0.1, 0.15) is 18.4 Å². The fraction of sp³-hybridized carbons (Fsp3) is 0.211. The highest BCUT2D eigenvalue weighted by molar-refractivity contribution is 5.96. The van der Waals surface area contributed by atoms with Gasteiger partial charge in [-0.1, -0.05) is 12.1 Å². The van der Waals surface area contributed by atoms with Crippen LogP contribution >= 0.6 is 0 Å². The minimum Gasteiger partial charge on any atom is -0.619 e. The Morgan fingerprint density at radius 1 is 1.25 bits per heavy atom. The average Bonchev–Trinajstić information content (AvgIpc) is 3.42. The number of hydrogen-bond donors (Lipinski definition) is 1. The van der Waals surface area contributed by atoms with Gasteiger partial charge in [-0.3, -0.25) is 4.79 Å². The molecule has 0 saturated heterocycles. The van der Waals surface area contributed by atoms with Gasteiger partial charge in [0.25, 0.3) is 0 Å². The van der Waals surface area contributed by atoms with Crippen molar-refractivity contribution >= 4 is 22.5 Å². The zero-order valence-corrected chi connectivity index (χ0v) is 13.3. The van der Waals surface area contributed by atoms with Crippen molar-refractivity contribution in [1.82, 2.24) is 4.98 Å². The van der Waals surface area contributed by atoms with Gasteiger partial charge in [0.05, 0.1) is 0 Å². The minimum atomic E-state index is 0.0541. The Morgan fingerprint density at radius 2 is 2.08 bits per heavy atom. The number of nitrogens with one attached hydrogen (secondary N) is 1. The second-order valence-corrected chi connectivity index (χ2v) is 6.30. The van der Waals surface area contributed by atoms with E-state index in [0.29, 0.717) is 5.82 Å². The van der Waals surface area contributed by atoms with Gasteiger partial charge < -0.3 is 10.5 Å². The van der Waals surface area contributed by atoms with Crippen molar-refractivity contribution in [1.29, 1.82) is 0 Å². The minimum absolute atomic E-state index is 0.0541. The van der Waals surface area contributed by atoms with Crippen LogP contribution < -0.4 is 10.0 Å². The van der Waals surface area contributed by atoms with Crippen molar-refractivity contribution in [3.05, 3.63) is 59.7 Å². The van der Waals surface area contributed by atoms with Gasteiger partial charge in [0.1, 0.15) is 5.82 Å². The molecule has 3 aromatic rings. The number of carbonyl (C=O) groups is 1. The molecule has 1 aliphatic carbocycles. The van der Waals surface area contributed by atoms with E-state index >= 15 is 0 Å². The third-order valence-corrected chi connectivity index (χ3v) is 4.38. The summed E-state index contributed by atoms with van der Waals surface area (Å²) >= 11 is 0. The van der Waals surface area contributed by atoms with Crippen molar-refractivity contribution < 1.29 is 9.52 Å². The zero-order valence-electron chi connectivity index (χ0n) is 13.3. The first-order valence-corrected chi connectivity index (χ1v) is 8.00. The fourth-order valence-corrected chi connectivity index (χ4v) is 2.80. The molecule has 0 radical (unpaired) electrons. The second kappa shape index (κ2) is 5.60. The molecular weight excluding hydrogens is 302 g/mol. The van der Waals surface area contributed by atoms with Gasteiger partial charge in [0.2, 0.25) is 5.91 Å². The van der Waals surface area contributed by atoms with Crippen LogP contribution in [0, 0.1) is 18.0 Å². The Labute approximate surface area is 139 Å². The van der Waals surface area contributed by atoms with Crippen LogP contribution in [0.15, 0.2) is 48.9 Å². The van der Waals surface area contributed by atoms with E-state index in [-0.39, 0.29) is 11.8 Å². The SMILES string of the molecule is Cc1cc[n+]([O-])cc1-c1ccc2cc(NC(=O)C3CC3)ncc2c1. The van der Waals surface area contributed by atoms with E-state index < -0.39 is 0 Å². The fourth-order valence-electron chi connectivity index (χ4n) is 2.80. The van der Waals surface area contributed by atoms with Crippen LogP contribution in [0.3, 0.4) is 0 Å². The Balaban J connectivity index is 1.68. The largest absolute Gasteiger partial charge is 0.619 e. The number of hydrogen-bond acceptors (Lipinski definition) is 3. The number of benzene rings is 1. The maximum absolute atomic E-state index is 11.8. The van der Waals surface area contributed by atoms with Gasteiger partial charge in [-0.25, -0.2) is 4.98 Å². The molecule has 24 heavy (non-hydrogen) atoms. The molecule has 5 nitrogen and oxygen atoms in total. The Hall–Kier alpha value is -2.95. The van der Waals surface area contributed by atoms with Crippen LogP contribution in [0.2, 0.25) is 0 Å². The first-order chi connectivity index (χ1) is 11.6. The molecule has 1 aliphatic rings. The smallest absolute Gasteiger partial charge is 0.228 e. The van der Waals surface area contributed by atoms with Crippen molar-refractivity contribution in [2.75, 3.05) is 5.32 Å². The summed E-state index contributed by atoms with van der Waals surface area (Å²) < 4.78 is 0.807. The number of amides is 1. The molecule has 2 heterocycles. The van der Waals surface area contributed by atoms with Crippen molar-refractivity contribution in [2.24, 2.45) is 5.92 Å². The van der Waals surface area contributed by atoms with Gasteiger partial charge in [-0.05, 0) is 48.4 Å². The van der Waals surface area contributed by atoms with E-state index in [1.165, 1.54) is 6.20 Å². The first kappa shape index (κ1) is 14.6. The lowest BCUT2D eigenvalue weighted by atomic mass is 10.0. The molecule has 0 aliphatic heterocycles. The molecule has 2 aromatic heterocycles. The molecule has 0 unspecified atom stereocenters. The molecule has 0 bridgehead atoms. The summed E-state index contributed by atoms with van der Waals surface area (Å²) in [7, 11) is 0. The van der Waals surface area contributed by atoms with E-state index in [0.717, 1.165) is 45.0 Å². The summed E-state index contributed by atoms with van der Waals surface area (Å²) in [5, 5.41) is 16.4. The Morgan fingerprint density at radius 3 is 2.88 bits per heavy atom. The number of nitrogens with zero attached hydrogens (tertiary/aromatic N) is 2. The predicted octanol–water partition coefficient (Wildman–Crippen LogP) is 3.19. The standard InChI is InChI=1S/C19H17N3O2/c1-12-6-7-22(24)11-17(12)15-5-4-14-9-18(20-10-16(14)8-15)21-19(23)13-2-3-13/h4-11,13H,2-3H2,1H3,(H,20,21,23). The molecule has 120 valence electrons. The van der Waals surface area contributed by atoms with Crippen molar-refractivity contribution in [3.63, 3.8) is 0 Å². The van der Waals surface area contributed by atoms with Crippen LogP contribution in [0.4, 0.5) is 5.82 Å². The number of aryl methyl sites for hydroxylation is 1. The summed E-state index contributed by atoms with van der Waals surface area (Å²) in [5.74, 6) is 0.795. The van der Waals surface area contributed by atoms with Crippen LogP contribution in [0.25, 0.3) is 21.9 Å². The van der Waals surface area contributed by atoms with Crippen molar-refractivity contribution in [2.45, 2.75) is 19.8 Å². The zero-order chi connectivity index (χ0) is 16.7. The molecule has 0 atom stereocenters. The monoisotopic (exact) mass is 319 g/mol. The number of anilines is 1. The third kappa shape index (κ3) is 2.80. The third-order valence-electron chi connectivity index (χ3n) is 4.38. The van der Waals surface area contributed by atoms with Gasteiger partial charge in [0, 0.05) is 29.1 Å². The van der Waals surface area contributed by atoms with E-state index in [4.69, 9.17) is 0 Å². The lowest BCUT2D eigenvalue weighted by Gasteiger charge is -2.08. The van der Waals surface area contributed by atoms with Gasteiger partial charge >= 0.3 is 0 Å². The van der Waals surface area contributed by atoms with E-state index in [1.807, 2.05) is 31.2 Å². The van der Waals surface area contributed by atoms with Gasteiger partial charge in [0.15, 0.2) is 12.4 Å². The van der Waals surface area contributed by atoms with Crippen LogP contribution in [-0.2, 0) is 4.79 Å². The average molecular weight is 319 g/mol. The topological polar surface area (TPSA) is 68.9 Å². The second-order valence-electron chi connectivity index (χ2n) is 6.30. The summed E-state index contributed by atoms with van der Waals surface area (Å²) in [6.07, 6.45) is 6.77. The molecule has 1 saturated carbocycles. The van der Waals surface area contributed by atoms with Gasteiger partial charge in [-0.2, -0.15) is 4.73 Å². The van der Waals surface area contributed by atoms with Crippen LogP contribution in [-0.4, -0.2) is 10.9 Å². The summed E-state index contributed by atoms with van der Waals surface area (Å²) in [5.41, 5.74) is 2.92. The maximum atomic E-state index is 11.8. The number of aromatic nitrogens is 2. The summed E-state index contributed by atoms with van der Waals surface area (Å²) in [6.45, 7) is 1.98. The van der Waals surface area contributed by atoms with E-state index in [9.17, 15) is 10.0 Å². The first-order valence-electron chi connectivity index (χ1n) is 8.00. The number of fused-ring (bicyclic) bond motifs is 1. The Bertz CT molecular complexity index is 948. The van der Waals surface area contributed by atoms with E-state index in [1.54, 1.807) is 18.5 Å². The number of pyridine rings is 2. The van der Waals surface area contributed by atoms with Gasteiger partial charge in [-0.15, -0.1) is 0 Å².